The van der Waals surface area contributed by atoms with E-state index in [1.807, 2.05) is 45.2 Å². The molecule has 0 bridgehead atoms. The third kappa shape index (κ3) is 5.31. The van der Waals surface area contributed by atoms with E-state index < -0.39 is 0 Å². The van der Waals surface area contributed by atoms with Gasteiger partial charge in [0.05, 0.1) is 12.5 Å². The zero-order valence-electron chi connectivity index (χ0n) is 13.5. The van der Waals surface area contributed by atoms with E-state index in [0.717, 1.165) is 23.6 Å². The number of hydrogen-bond acceptors (Lipinski definition) is 5. The van der Waals surface area contributed by atoms with Crippen LogP contribution in [0, 0.1) is 0 Å². The molecule has 0 radical (unpaired) electrons. The Hall–Kier alpha value is -1.59. The number of para-hydroxylation sites is 1. The molecule has 0 aliphatic rings. The Balaban J connectivity index is 0.00000242. The Bertz CT molecular complexity index is 572. The lowest BCUT2D eigenvalue weighted by Gasteiger charge is -2.12. The number of nitrogens with one attached hydrogen (secondary N) is 1. The van der Waals surface area contributed by atoms with Crippen LogP contribution in [0.1, 0.15) is 38.0 Å². The highest BCUT2D eigenvalue weighted by Gasteiger charge is 2.12. The zero-order chi connectivity index (χ0) is 15.2. The summed E-state index contributed by atoms with van der Waals surface area (Å²) in [6.45, 7) is 6.11. The molecule has 22 heavy (non-hydrogen) atoms. The van der Waals surface area contributed by atoms with Crippen LogP contribution in [-0.4, -0.2) is 29.3 Å². The van der Waals surface area contributed by atoms with Crippen LogP contribution in [-0.2, 0) is 12.8 Å². The van der Waals surface area contributed by atoms with E-state index in [-0.39, 0.29) is 18.5 Å². The van der Waals surface area contributed by atoms with Crippen LogP contribution in [0.2, 0.25) is 0 Å². The highest BCUT2D eigenvalue weighted by molar-refractivity contribution is 5.85. The first-order valence-electron chi connectivity index (χ1n) is 7.31. The highest BCUT2D eigenvalue weighted by atomic mass is 35.5. The Morgan fingerprint density at radius 2 is 1.95 bits per heavy atom. The van der Waals surface area contributed by atoms with E-state index in [1.165, 1.54) is 0 Å². The van der Waals surface area contributed by atoms with Gasteiger partial charge in [-0.1, -0.05) is 23.4 Å². The molecular weight excluding hydrogens is 302 g/mol. The van der Waals surface area contributed by atoms with Crippen LogP contribution in [0.25, 0.3) is 0 Å². The first-order valence-corrected chi connectivity index (χ1v) is 7.31. The van der Waals surface area contributed by atoms with Crippen LogP contribution in [0.15, 0.2) is 28.8 Å². The minimum atomic E-state index is 0. The van der Waals surface area contributed by atoms with Gasteiger partial charge in [0.1, 0.15) is 5.75 Å². The van der Waals surface area contributed by atoms with Gasteiger partial charge in [-0.25, -0.2) is 0 Å². The number of aromatic nitrogens is 2. The van der Waals surface area contributed by atoms with Gasteiger partial charge in [-0.2, -0.15) is 4.98 Å². The summed E-state index contributed by atoms with van der Waals surface area (Å²) in [5, 5.41) is 7.19. The van der Waals surface area contributed by atoms with Crippen molar-refractivity contribution in [2.45, 2.75) is 45.8 Å². The molecule has 0 saturated heterocycles. The van der Waals surface area contributed by atoms with Crippen LogP contribution < -0.4 is 10.1 Å². The first kappa shape index (κ1) is 18.5. The first-order chi connectivity index (χ1) is 10.1. The van der Waals surface area contributed by atoms with Crippen LogP contribution in [0.4, 0.5) is 0 Å². The number of ether oxygens (including phenoxy) is 1. The van der Waals surface area contributed by atoms with Gasteiger partial charge in [0.25, 0.3) is 0 Å². The van der Waals surface area contributed by atoms with E-state index in [4.69, 9.17) is 9.26 Å². The fraction of sp³-hybridized carbons (Fsp3) is 0.500. The summed E-state index contributed by atoms with van der Waals surface area (Å²) in [4.78, 5) is 4.44. The molecule has 2 rings (SSSR count). The van der Waals surface area contributed by atoms with Crippen molar-refractivity contribution in [2.75, 3.05) is 7.05 Å². The summed E-state index contributed by atoms with van der Waals surface area (Å²) >= 11 is 0. The smallest absolute Gasteiger partial charge is 0.231 e. The van der Waals surface area contributed by atoms with Gasteiger partial charge in [-0.05, 0) is 33.9 Å². The zero-order valence-corrected chi connectivity index (χ0v) is 14.3. The summed E-state index contributed by atoms with van der Waals surface area (Å²) < 4.78 is 11.1. The van der Waals surface area contributed by atoms with Crippen molar-refractivity contribution in [3.8, 4) is 5.75 Å². The molecular formula is C16H24ClN3O2. The topological polar surface area (TPSA) is 60.2 Å². The van der Waals surface area contributed by atoms with Gasteiger partial charge in [0.2, 0.25) is 5.89 Å². The van der Waals surface area contributed by atoms with Gasteiger partial charge in [0.15, 0.2) is 5.82 Å². The molecule has 1 N–H and O–H groups in total. The Morgan fingerprint density at radius 3 is 2.64 bits per heavy atom. The summed E-state index contributed by atoms with van der Waals surface area (Å²) in [5.41, 5.74) is 1.06. The SMILES string of the molecule is CNC(C)Cc1noc(Cc2ccccc2OC(C)C)n1.Cl. The molecule has 1 atom stereocenters. The second-order valence-electron chi connectivity index (χ2n) is 5.45. The summed E-state index contributed by atoms with van der Waals surface area (Å²) in [6, 6.07) is 8.28. The van der Waals surface area contributed by atoms with Crippen molar-refractivity contribution >= 4 is 12.4 Å². The molecule has 1 unspecified atom stereocenters. The maximum absolute atomic E-state index is 5.81. The normalized spacial score (nSPS) is 12.0. The van der Waals surface area contributed by atoms with Gasteiger partial charge < -0.3 is 14.6 Å². The van der Waals surface area contributed by atoms with Crippen molar-refractivity contribution in [3.05, 3.63) is 41.5 Å². The predicted octanol–water partition coefficient (Wildman–Crippen LogP) is 3.02. The minimum Gasteiger partial charge on any atom is -0.491 e. The predicted molar refractivity (Wildman–Crippen MR) is 88.8 cm³/mol. The van der Waals surface area contributed by atoms with E-state index in [9.17, 15) is 0 Å². The lowest BCUT2D eigenvalue weighted by atomic mass is 10.1. The standard InChI is InChI=1S/C16H23N3O2.ClH/c1-11(2)20-14-8-6-5-7-13(14)10-16-18-15(19-21-16)9-12(3)17-4;/h5-8,11-12,17H,9-10H2,1-4H3;1H. The summed E-state index contributed by atoms with van der Waals surface area (Å²) in [7, 11) is 1.92. The number of likely N-dealkylation sites (N-methyl/N-ethyl adjacent to an activating group) is 1. The number of hydrogen-bond donors (Lipinski definition) is 1. The summed E-state index contributed by atoms with van der Waals surface area (Å²) in [6.07, 6.45) is 1.48. The third-order valence-electron chi connectivity index (χ3n) is 3.17. The largest absolute Gasteiger partial charge is 0.491 e. The van der Waals surface area contributed by atoms with Crippen LogP contribution >= 0.6 is 12.4 Å². The second-order valence-corrected chi connectivity index (χ2v) is 5.45. The number of rotatable bonds is 7. The van der Waals surface area contributed by atoms with Gasteiger partial charge in [-0.15, -0.1) is 12.4 Å². The Morgan fingerprint density at radius 1 is 1.23 bits per heavy atom. The van der Waals surface area contributed by atoms with Gasteiger partial charge >= 0.3 is 0 Å². The second kappa shape index (κ2) is 8.76. The molecule has 0 amide bonds. The monoisotopic (exact) mass is 325 g/mol. The molecule has 2 aromatic rings. The Kier molecular flexibility index (Phi) is 7.35. The number of nitrogens with zero attached hydrogens (tertiary/aromatic N) is 2. The molecule has 0 aliphatic heterocycles. The summed E-state index contributed by atoms with van der Waals surface area (Å²) in [5.74, 6) is 2.22. The lowest BCUT2D eigenvalue weighted by molar-refractivity contribution is 0.239. The van der Waals surface area contributed by atoms with Crippen molar-refractivity contribution in [1.29, 1.82) is 0 Å². The van der Waals surface area contributed by atoms with E-state index in [0.29, 0.717) is 18.4 Å². The van der Waals surface area contributed by atoms with Crippen molar-refractivity contribution in [3.63, 3.8) is 0 Å². The van der Waals surface area contributed by atoms with Gasteiger partial charge in [0, 0.05) is 18.0 Å². The fourth-order valence-corrected chi connectivity index (χ4v) is 2.00. The van der Waals surface area contributed by atoms with Crippen molar-refractivity contribution in [1.82, 2.24) is 15.5 Å². The molecule has 1 heterocycles. The van der Waals surface area contributed by atoms with E-state index in [1.54, 1.807) is 0 Å². The Labute approximate surface area is 137 Å². The van der Waals surface area contributed by atoms with Crippen molar-refractivity contribution in [2.24, 2.45) is 0 Å². The molecule has 5 nitrogen and oxygen atoms in total. The maximum Gasteiger partial charge on any atom is 0.231 e. The van der Waals surface area contributed by atoms with Crippen LogP contribution in [0.3, 0.4) is 0 Å². The molecule has 1 aromatic heterocycles. The third-order valence-corrected chi connectivity index (χ3v) is 3.17. The molecule has 6 heteroatoms. The quantitative estimate of drug-likeness (QED) is 0.848. The molecule has 0 spiro atoms. The fourth-order valence-electron chi connectivity index (χ4n) is 2.00. The van der Waals surface area contributed by atoms with Gasteiger partial charge in [-0.3, -0.25) is 0 Å². The number of benzene rings is 1. The molecule has 122 valence electrons. The van der Waals surface area contributed by atoms with E-state index >= 15 is 0 Å². The molecule has 1 aromatic carbocycles. The lowest BCUT2D eigenvalue weighted by Crippen LogP contribution is -2.24. The average Bonchev–Trinajstić information content (AvgIpc) is 2.87. The molecule has 0 fully saturated rings. The molecule has 0 saturated carbocycles. The highest BCUT2D eigenvalue weighted by Crippen LogP contribution is 2.22. The number of halogens is 1. The maximum atomic E-state index is 5.81. The average molecular weight is 326 g/mol. The van der Waals surface area contributed by atoms with Crippen molar-refractivity contribution < 1.29 is 9.26 Å². The van der Waals surface area contributed by atoms with E-state index in [2.05, 4.69) is 22.4 Å². The van der Waals surface area contributed by atoms with Crippen LogP contribution in [0.5, 0.6) is 5.75 Å². The molecule has 0 aliphatic carbocycles. The minimum absolute atomic E-state index is 0.